The number of carboxylic acids is 1. The first-order valence-electron chi connectivity index (χ1n) is 6.67. The van der Waals surface area contributed by atoms with Gasteiger partial charge in [0.2, 0.25) is 5.89 Å². The average molecular weight is 250 g/mol. The lowest BCUT2D eigenvalue weighted by molar-refractivity contribution is -0.148. The van der Waals surface area contributed by atoms with Crippen LogP contribution in [-0.2, 0) is 11.2 Å². The second-order valence-electron chi connectivity index (χ2n) is 5.84. The lowest BCUT2D eigenvalue weighted by Crippen LogP contribution is -2.30. The van der Waals surface area contributed by atoms with Crippen molar-refractivity contribution in [3.63, 3.8) is 0 Å². The van der Waals surface area contributed by atoms with Gasteiger partial charge in [0.1, 0.15) is 0 Å². The van der Waals surface area contributed by atoms with E-state index in [2.05, 4.69) is 17.1 Å². The van der Waals surface area contributed by atoms with Gasteiger partial charge in [-0.1, -0.05) is 24.9 Å². The van der Waals surface area contributed by atoms with Gasteiger partial charge in [-0.25, -0.2) is 0 Å². The van der Waals surface area contributed by atoms with Gasteiger partial charge in [0, 0.05) is 12.3 Å². The topological polar surface area (TPSA) is 76.2 Å². The first kappa shape index (κ1) is 11.7. The molecule has 0 bridgehead atoms. The number of hydrogen-bond acceptors (Lipinski definition) is 4. The molecule has 1 N–H and O–H groups in total. The van der Waals surface area contributed by atoms with Gasteiger partial charge in [-0.15, -0.1) is 0 Å². The largest absolute Gasteiger partial charge is 0.481 e. The molecule has 1 aromatic rings. The molecule has 0 aliphatic heterocycles. The Labute approximate surface area is 106 Å². The van der Waals surface area contributed by atoms with Crippen LogP contribution in [0.2, 0.25) is 0 Å². The highest BCUT2D eigenvalue weighted by atomic mass is 16.5. The van der Waals surface area contributed by atoms with E-state index in [1.165, 1.54) is 0 Å². The fourth-order valence-corrected chi connectivity index (χ4v) is 2.98. The zero-order chi connectivity index (χ0) is 12.8. The Morgan fingerprint density at radius 2 is 2.17 bits per heavy atom. The predicted molar refractivity (Wildman–Crippen MR) is 63.1 cm³/mol. The van der Waals surface area contributed by atoms with Crippen molar-refractivity contribution in [2.75, 3.05) is 0 Å². The third-order valence-electron chi connectivity index (χ3n) is 4.43. The zero-order valence-corrected chi connectivity index (χ0v) is 10.6. The Balaban J connectivity index is 1.75. The van der Waals surface area contributed by atoms with E-state index in [9.17, 15) is 9.90 Å². The Morgan fingerprint density at radius 3 is 2.72 bits per heavy atom. The van der Waals surface area contributed by atoms with Crippen LogP contribution in [0.15, 0.2) is 4.52 Å². The lowest BCUT2D eigenvalue weighted by atomic mass is 9.83. The van der Waals surface area contributed by atoms with Crippen molar-refractivity contribution in [2.24, 2.45) is 11.3 Å². The monoisotopic (exact) mass is 250 g/mol. The molecule has 0 radical (unpaired) electrons. The molecule has 3 rings (SSSR count). The summed E-state index contributed by atoms with van der Waals surface area (Å²) >= 11 is 0. The summed E-state index contributed by atoms with van der Waals surface area (Å²) in [6, 6.07) is 0. The summed E-state index contributed by atoms with van der Waals surface area (Å²) in [5.41, 5.74) is -0.668. The van der Waals surface area contributed by atoms with Crippen LogP contribution in [-0.4, -0.2) is 21.2 Å². The van der Waals surface area contributed by atoms with Crippen LogP contribution in [0.5, 0.6) is 0 Å². The van der Waals surface area contributed by atoms with Crippen LogP contribution in [0.25, 0.3) is 0 Å². The quantitative estimate of drug-likeness (QED) is 0.887. The summed E-state index contributed by atoms with van der Waals surface area (Å²) < 4.78 is 5.23. The minimum atomic E-state index is -0.723. The molecule has 0 amide bonds. The number of rotatable bonds is 4. The lowest BCUT2D eigenvalue weighted by Gasteiger charge is -2.21. The third-order valence-corrected chi connectivity index (χ3v) is 4.43. The first-order valence-corrected chi connectivity index (χ1v) is 6.67. The molecule has 2 fully saturated rings. The molecule has 1 aromatic heterocycles. The Bertz CT molecular complexity index is 463. The first-order chi connectivity index (χ1) is 8.61. The minimum absolute atomic E-state index is 0.385. The van der Waals surface area contributed by atoms with Crippen molar-refractivity contribution in [1.82, 2.24) is 10.1 Å². The van der Waals surface area contributed by atoms with Crippen LogP contribution in [0.3, 0.4) is 0 Å². The molecule has 2 saturated carbocycles. The molecule has 5 heteroatoms. The number of aliphatic carboxylic acids is 1. The SMILES string of the molecule is CC1CC1c1noc(CC2(C(=O)O)CCCC2)n1. The summed E-state index contributed by atoms with van der Waals surface area (Å²) in [5.74, 6) is 1.59. The van der Waals surface area contributed by atoms with E-state index in [1.54, 1.807) is 0 Å². The van der Waals surface area contributed by atoms with E-state index in [4.69, 9.17) is 4.52 Å². The molecular formula is C13H18N2O3. The van der Waals surface area contributed by atoms with Crippen LogP contribution in [0.4, 0.5) is 0 Å². The second kappa shape index (κ2) is 4.07. The molecular weight excluding hydrogens is 232 g/mol. The van der Waals surface area contributed by atoms with E-state index in [-0.39, 0.29) is 0 Å². The molecule has 1 heterocycles. The van der Waals surface area contributed by atoms with Gasteiger partial charge in [-0.05, 0) is 25.2 Å². The number of aromatic nitrogens is 2. The molecule has 0 aromatic carbocycles. The van der Waals surface area contributed by atoms with Gasteiger partial charge < -0.3 is 9.63 Å². The smallest absolute Gasteiger partial charge is 0.310 e. The van der Waals surface area contributed by atoms with E-state index in [1.807, 2.05) is 0 Å². The average Bonchev–Trinajstić information content (AvgIpc) is 2.80. The maximum atomic E-state index is 11.4. The summed E-state index contributed by atoms with van der Waals surface area (Å²) in [6.07, 6.45) is 4.90. The van der Waals surface area contributed by atoms with E-state index in [0.29, 0.717) is 24.1 Å². The highest BCUT2D eigenvalue weighted by Gasteiger charge is 2.44. The van der Waals surface area contributed by atoms with Gasteiger partial charge >= 0.3 is 5.97 Å². The standard InChI is InChI=1S/C13H18N2O3/c1-8-6-9(8)11-14-10(18-15-11)7-13(12(16)17)4-2-3-5-13/h8-9H,2-7H2,1H3,(H,16,17). The molecule has 18 heavy (non-hydrogen) atoms. The summed E-state index contributed by atoms with van der Waals surface area (Å²) in [6.45, 7) is 2.16. The maximum absolute atomic E-state index is 11.4. The minimum Gasteiger partial charge on any atom is -0.481 e. The van der Waals surface area contributed by atoms with Crippen molar-refractivity contribution in [1.29, 1.82) is 0 Å². The number of carboxylic acid groups (broad SMARTS) is 1. The molecule has 2 aliphatic rings. The van der Waals surface area contributed by atoms with Crippen molar-refractivity contribution in [3.05, 3.63) is 11.7 Å². The summed E-state index contributed by atoms with van der Waals surface area (Å²) in [5, 5.41) is 13.4. The summed E-state index contributed by atoms with van der Waals surface area (Å²) in [4.78, 5) is 15.8. The van der Waals surface area contributed by atoms with E-state index < -0.39 is 11.4 Å². The normalized spacial score (nSPS) is 29.4. The van der Waals surface area contributed by atoms with Crippen LogP contribution in [0.1, 0.15) is 56.7 Å². The Kier molecular flexibility index (Phi) is 2.64. The summed E-state index contributed by atoms with van der Waals surface area (Å²) in [7, 11) is 0. The van der Waals surface area contributed by atoms with Crippen LogP contribution >= 0.6 is 0 Å². The number of nitrogens with zero attached hydrogens (tertiary/aromatic N) is 2. The highest BCUT2D eigenvalue weighted by molar-refractivity contribution is 5.75. The van der Waals surface area contributed by atoms with Crippen molar-refractivity contribution >= 4 is 5.97 Å². The zero-order valence-electron chi connectivity index (χ0n) is 10.6. The number of hydrogen-bond donors (Lipinski definition) is 1. The van der Waals surface area contributed by atoms with Gasteiger partial charge in [-0.3, -0.25) is 4.79 Å². The fourth-order valence-electron chi connectivity index (χ4n) is 2.98. The fraction of sp³-hybridized carbons (Fsp3) is 0.769. The maximum Gasteiger partial charge on any atom is 0.310 e. The van der Waals surface area contributed by atoms with E-state index >= 15 is 0 Å². The molecule has 2 atom stereocenters. The highest BCUT2D eigenvalue weighted by Crippen LogP contribution is 2.46. The Morgan fingerprint density at radius 1 is 1.50 bits per heavy atom. The molecule has 2 aliphatic carbocycles. The molecule has 98 valence electrons. The molecule has 0 spiro atoms. The molecule has 5 nitrogen and oxygen atoms in total. The van der Waals surface area contributed by atoms with Crippen molar-refractivity contribution in [2.45, 2.75) is 51.4 Å². The second-order valence-corrected chi connectivity index (χ2v) is 5.84. The molecule has 2 unspecified atom stereocenters. The van der Waals surface area contributed by atoms with Crippen LogP contribution in [0, 0.1) is 11.3 Å². The Hall–Kier alpha value is -1.39. The van der Waals surface area contributed by atoms with Gasteiger partial charge in [0.25, 0.3) is 0 Å². The predicted octanol–water partition coefficient (Wildman–Crippen LogP) is 2.38. The van der Waals surface area contributed by atoms with Crippen molar-refractivity contribution in [3.8, 4) is 0 Å². The molecule has 0 saturated heterocycles. The van der Waals surface area contributed by atoms with Gasteiger partial charge in [-0.2, -0.15) is 4.98 Å². The van der Waals surface area contributed by atoms with Gasteiger partial charge in [0.15, 0.2) is 5.82 Å². The van der Waals surface area contributed by atoms with Crippen LogP contribution < -0.4 is 0 Å². The van der Waals surface area contributed by atoms with Gasteiger partial charge in [0.05, 0.1) is 5.41 Å². The third kappa shape index (κ3) is 1.91. The van der Waals surface area contributed by atoms with Crippen molar-refractivity contribution < 1.29 is 14.4 Å². The number of carbonyl (C=O) groups is 1. The van der Waals surface area contributed by atoms with E-state index in [0.717, 1.165) is 37.9 Å².